The predicted molar refractivity (Wildman–Crippen MR) is 119 cm³/mol. The van der Waals surface area contributed by atoms with E-state index in [1.807, 2.05) is 24.3 Å². The van der Waals surface area contributed by atoms with Crippen LogP contribution in [0.1, 0.15) is 5.69 Å². The minimum Gasteiger partial charge on any atom is -0.358 e. The molecule has 2 heterocycles. The summed E-state index contributed by atoms with van der Waals surface area (Å²) in [7, 11) is 0. The van der Waals surface area contributed by atoms with Crippen molar-refractivity contribution in [2.75, 3.05) is 0 Å². The molecule has 0 fully saturated rings. The first-order valence-electron chi connectivity index (χ1n) is 9.20. The van der Waals surface area contributed by atoms with E-state index in [4.69, 9.17) is 4.98 Å². The van der Waals surface area contributed by atoms with Gasteiger partial charge in [0.15, 0.2) is 0 Å². The molecule has 5 rings (SSSR count). The Kier molecular flexibility index (Phi) is 4.14. The van der Waals surface area contributed by atoms with Gasteiger partial charge in [0.05, 0.1) is 11.4 Å². The number of hydrogen-bond donors (Lipinski definition) is 2. The normalized spacial score (nSPS) is 11.2. The van der Waals surface area contributed by atoms with E-state index >= 15 is 0 Å². The summed E-state index contributed by atoms with van der Waals surface area (Å²) >= 11 is 3.52. The molecule has 0 saturated heterocycles. The number of halogens is 1. The predicted octanol–water partition coefficient (Wildman–Crippen LogP) is 6.96. The van der Waals surface area contributed by atoms with Gasteiger partial charge in [-0.25, -0.2) is 4.98 Å². The first-order valence-corrected chi connectivity index (χ1v) is 9.99. The maximum absolute atomic E-state index is 5.05. The third kappa shape index (κ3) is 2.86. The summed E-state index contributed by atoms with van der Waals surface area (Å²) < 4.78 is 1.06. The van der Waals surface area contributed by atoms with Gasteiger partial charge < -0.3 is 9.97 Å². The van der Waals surface area contributed by atoms with Gasteiger partial charge in [-0.05, 0) is 25.1 Å². The van der Waals surface area contributed by atoms with E-state index in [0.29, 0.717) is 0 Å². The summed E-state index contributed by atoms with van der Waals surface area (Å²) in [6.45, 7) is 2.10. The minimum atomic E-state index is 0.881. The first-order chi connectivity index (χ1) is 13.7. The van der Waals surface area contributed by atoms with Gasteiger partial charge >= 0.3 is 0 Å². The second-order valence-corrected chi connectivity index (χ2v) is 7.77. The first kappa shape index (κ1) is 17.0. The van der Waals surface area contributed by atoms with Crippen LogP contribution in [0.25, 0.3) is 44.8 Å². The Balaban J connectivity index is 1.76. The van der Waals surface area contributed by atoms with Crippen LogP contribution in [0.15, 0.2) is 83.3 Å². The molecule has 0 aliphatic heterocycles. The molecule has 0 amide bonds. The molecule has 0 atom stereocenters. The largest absolute Gasteiger partial charge is 0.358 e. The maximum atomic E-state index is 5.05. The number of rotatable bonds is 3. The molecule has 0 aliphatic rings. The maximum Gasteiger partial charge on any atom is 0.140 e. The van der Waals surface area contributed by atoms with Gasteiger partial charge in [0.25, 0.3) is 0 Å². The molecule has 2 aromatic heterocycles. The van der Waals surface area contributed by atoms with Crippen LogP contribution in [0.5, 0.6) is 0 Å². The van der Waals surface area contributed by atoms with Crippen molar-refractivity contribution in [2.24, 2.45) is 0 Å². The fourth-order valence-corrected chi connectivity index (χ4v) is 3.97. The number of nitrogens with zero attached hydrogens (tertiary/aromatic N) is 1. The Morgan fingerprint density at radius 2 is 1.46 bits per heavy atom. The minimum absolute atomic E-state index is 0.881. The Morgan fingerprint density at radius 3 is 2.25 bits per heavy atom. The molecule has 0 bridgehead atoms. The molecule has 5 aromatic rings. The smallest absolute Gasteiger partial charge is 0.140 e. The number of nitrogens with one attached hydrogen (secondary N) is 2. The molecule has 0 aliphatic carbocycles. The lowest BCUT2D eigenvalue weighted by Gasteiger charge is -2.03. The number of imidazole rings is 1. The highest BCUT2D eigenvalue weighted by molar-refractivity contribution is 9.10. The van der Waals surface area contributed by atoms with E-state index in [0.717, 1.165) is 49.6 Å². The van der Waals surface area contributed by atoms with Crippen LogP contribution in [0, 0.1) is 6.92 Å². The molecule has 28 heavy (non-hydrogen) atoms. The molecule has 3 nitrogen and oxygen atoms in total. The zero-order valence-electron chi connectivity index (χ0n) is 15.3. The van der Waals surface area contributed by atoms with Crippen molar-refractivity contribution in [3.63, 3.8) is 0 Å². The molecule has 0 radical (unpaired) electrons. The van der Waals surface area contributed by atoms with Crippen molar-refractivity contribution in [1.29, 1.82) is 0 Å². The van der Waals surface area contributed by atoms with Crippen molar-refractivity contribution in [2.45, 2.75) is 6.92 Å². The van der Waals surface area contributed by atoms with Crippen LogP contribution in [-0.2, 0) is 0 Å². The summed E-state index contributed by atoms with van der Waals surface area (Å²) in [6, 6.07) is 27.0. The second kappa shape index (κ2) is 6.80. The second-order valence-electron chi connectivity index (χ2n) is 6.85. The summed E-state index contributed by atoms with van der Waals surface area (Å²) in [5.41, 5.74) is 7.55. The number of benzene rings is 3. The Morgan fingerprint density at radius 1 is 0.750 bits per heavy atom. The van der Waals surface area contributed by atoms with E-state index in [1.165, 1.54) is 5.39 Å². The molecule has 0 spiro atoms. The number of H-pyrrole nitrogens is 2. The zero-order valence-corrected chi connectivity index (χ0v) is 16.9. The molecular formula is C24H18BrN3. The highest BCUT2D eigenvalue weighted by atomic mass is 79.9. The SMILES string of the molecule is Cc1[nH]c2ccccc2c1-c1nc(-c2ccccc2)c(-c2ccc(Br)cc2)[nH]1. The standard InChI is InChI=1S/C24H18BrN3/c1-15-21(19-9-5-6-10-20(19)26-15)24-27-22(16-7-3-2-4-8-16)23(28-24)17-11-13-18(25)14-12-17/h2-14,26H,1H3,(H,27,28). The number of aromatic nitrogens is 3. The monoisotopic (exact) mass is 427 g/mol. The van der Waals surface area contributed by atoms with E-state index in [2.05, 4.69) is 87.4 Å². The highest BCUT2D eigenvalue weighted by Crippen LogP contribution is 2.37. The highest BCUT2D eigenvalue weighted by Gasteiger charge is 2.19. The molecule has 136 valence electrons. The van der Waals surface area contributed by atoms with Crippen LogP contribution < -0.4 is 0 Å². The lowest BCUT2D eigenvalue weighted by Crippen LogP contribution is -1.83. The Labute approximate surface area is 171 Å². The summed E-state index contributed by atoms with van der Waals surface area (Å²) in [5, 5.41) is 1.18. The van der Waals surface area contributed by atoms with Crippen molar-refractivity contribution in [1.82, 2.24) is 15.0 Å². The average Bonchev–Trinajstić information content (AvgIpc) is 3.29. The van der Waals surface area contributed by atoms with Gasteiger partial charge in [0.1, 0.15) is 5.82 Å². The lowest BCUT2D eigenvalue weighted by atomic mass is 10.1. The molecular weight excluding hydrogens is 410 g/mol. The molecule has 2 N–H and O–H groups in total. The molecule has 3 aromatic carbocycles. The number of aryl methyl sites for hydroxylation is 1. The summed E-state index contributed by atoms with van der Waals surface area (Å²) in [6.07, 6.45) is 0. The molecule has 4 heteroatoms. The Hall–Kier alpha value is -3.11. The topological polar surface area (TPSA) is 44.5 Å². The number of fused-ring (bicyclic) bond motifs is 1. The third-order valence-corrected chi connectivity index (χ3v) is 5.54. The Bertz CT molecular complexity index is 1260. The van der Waals surface area contributed by atoms with E-state index in [-0.39, 0.29) is 0 Å². The summed E-state index contributed by atoms with van der Waals surface area (Å²) in [4.78, 5) is 12.1. The van der Waals surface area contributed by atoms with E-state index < -0.39 is 0 Å². The number of para-hydroxylation sites is 1. The van der Waals surface area contributed by atoms with Crippen LogP contribution in [0.3, 0.4) is 0 Å². The fourth-order valence-electron chi connectivity index (χ4n) is 3.70. The van der Waals surface area contributed by atoms with Crippen molar-refractivity contribution in [3.05, 3.63) is 89.0 Å². The van der Waals surface area contributed by atoms with Gasteiger partial charge in [-0.15, -0.1) is 0 Å². The van der Waals surface area contributed by atoms with Crippen LogP contribution in [0.4, 0.5) is 0 Å². The van der Waals surface area contributed by atoms with Crippen molar-refractivity contribution >= 4 is 26.8 Å². The molecule has 0 saturated carbocycles. The van der Waals surface area contributed by atoms with Crippen molar-refractivity contribution < 1.29 is 0 Å². The lowest BCUT2D eigenvalue weighted by molar-refractivity contribution is 1.25. The van der Waals surface area contributed by atoms with Crippen LogP contribution in [0.2, 0.25) is 0 Å². The number of aromatic amines is 2. The van der Waals surface area contributed by atoms with Gasteiger partial charge in [-0.1, -0.05) is 76.6 Å². The van der Waals surface area contributed by atoms with Gasteiger partial charge in [0, 0.05) is 37.8 Å². The molecule has 0 unspecified atom stereocenters. The van der Waals surface area contributed by atoms with Gasteiger partial charge in [0.2, 0.25) is 0 Å². The third-order valence-electron chi connectivity index (χ3n) is 5.01. The van der Waals surface area contributed by atoms with E-state index in [1.54, 1.807) is 0 Å². The summed E-state index contributed by atoms with van der Waals surface area (Å²) in [5.74, 6) is 0.881. The average molecular weight is 428 g/mol. The van der Waals surface area contributed by atoms with Crippen LogP contribution >= 0.6 is 15.9 Å². The van der Waals surface area contributed by atoms with Crippen LogP contribution in [-0.4, -0.2) is 15.0 Å². The van der Waals surface area contributed by atoms with E-state index in [9.17, 15) is 0 Å². The number of hydrogen-bond acceptors (Lipinski definition) is 1. The quantitative estimate of drug-likeness (QED) is 0.321. The van der Waals surface area contributed by atoms with Gasteiger partial charge in [-0.3, -0.25) is 0 Å². The fraction of sp³-hybridized carbons (Fsp3) is 0.0417. The van der Waals surface area contributed by atoms with Gasteiger partial charge in [-0.2, -0.15) is 0 Å². The van der Waals surface area contributed by atoms with Crippen molar-refractivity contribution in [3.8, 4) is 33.9 Å². The zero-order chi connectivity index (χ0) is 19.1.